The number of aryl methyl sites for hydroxylation is 2. The van der Waals surface area contributed by atoms with E-state index in [9.17, 15) is 9.59 Å². The van der Waals surface area contributed by atoms with Crippen LogP contribution in [0.3, 0.4) is 0 Å². The fourth-order valence-electron chi connectivity index (χ4n) is 2.58. The number of hydrogen-bond donors (Lipinski definition) is 1. The lowest BCUT2D eigenvalue weighted by Crippen LogP contribution is -2.15. The van der Waals surface area contributed by atoms with Gasteiger partial charge in [-0.15, -0.1) is 11.3 Å². The SMILES string of the molecule is Cc1ccc(C)c(NC(=O)Cc2nc(COC(=O)c3cccc(Cl)c3Cl)cs2)c1. The third-order valence-electron chi connectivity index (χ3n) is 4.10. The number of carbonyl (C=O) groups is 2. The maximum Gasteiger partial charge on any atom is 0.340 e. The second-order valence-electron chi connectivity index (χ2n) is 6.45. The molecule has 8 heteroatoms. The van der Waals surface area contributed by atoms with Crippen LogP contribution in [-0.2, 0) is 22.6 Å². The Morgan fingerprint density at radius 1 is 1.17 bits per heavy atom. The molecule has 1 heterocycles. The fraction of sp³-hybridized carbons (Fsp3) is 0.190. The second-order valence-corrected chi connectivity index (χ2v) is 8.18. The summed E-state index contributed by atoms with van der Waals surface area (Å²) in [7, 11) is 0. The van der Waals surface area contributed by atoms with Crippen molar-refractivity contribution in [1.82, 2.24) is 4.98 Å². The van der Waals surface area contributed by atoms with Gasteiger partial charge in [-0.25, -0.2) is 9.78 Å². The van der Waals surface area contributed by atoms with Crippen molar-refractivity contribution in [3.63, 3.8) is 0 Å². The zero-order chi connectivity index (χ0) is 21.0. The van der Waals surface area contributed by atoms with E-state index >= 15 is 0 Å². The van der Waals surface area contributed by atoms with Crippen molar-refractivity contribution in [2.75, 3.05) is 5.32 Å². The number of ether oxygens (including phenoxy) is 1. The molecule has 1 aromatic heterocycles. The summed E-state index contributed by atoms with van der Waals surface area (Å²) in [5.41, 5.74) is 3.62. The van der Waals surface area contributed by atoms with Crippen molar-refractivity contribution in [1.29, 1.82) is 0 Å². The topological polar surface area (TPSA) is 68.3 Å². The number of esters is 1. The molecule has 3 rings (SSSR count). The van der Waals surface area contributed by atoms with Gasteiger partial charge in [0.1, 0.15) is 11.6 Å². The maximum atomic E-state index is 12.3. The number of anilines is 1. The number of benzene rings is 2. The first-order chi connectivity index (χ1) is 13.8. The van der Waals surface area contributed by atoms with Gasteiger partial charge in [-0.3, -0.25) is 4.79 Å². The number of halogens is 2. The summed E-state index contributed by atoms with van der Waals surface area (Å²) in [5, 5.41) is 5.74. The Kier molecular flexibility index (Phi) is 6.90. The van der Waals surface area contributed by atoms with E-state index in [1.54, 1.807) is 23.6 Å². The zero-order valence-corrected chi connectivity index (χ0v) is 18.1. The molecule has 1 amide bonds. The lowest BCUT2D eigenvalue weighted by atomic mass is 10.1. The maximum absolute atomic E-state index is 12.3. The van der Waals surface area contributed by atoms with Gasteiger partial charge in [-0.1, -0.05) is 41.4 Å². The predicted octanol–water partition coefficient (Wildman–Crippen LogP) is 5.60. The Balaban J connectivity index is 1.56. The van der Waals surface area contributed by atoms with Gasteiger partial charge in [0.15, 0.2) is 0 Å². The Morgan fingerprint density at radius 2 is 1.97 bits per heavy atom. The quantitative estimate of drug-likeness (QED) is 0.497. The zero-order valence-electron chi connectivity index (χ0n) is 15.8. The van der Waals surface area contributed by atoms with Crippen molar-refractivity contribution in [2.45, 2.75) is 26.9 Å². The molecular weight excluding hydrogens is 431 g/mol. The molecule has 0 spiro atoms. The molecule has 0 saturated carbocycles. The Labute approximate surface area is 182 Å². The van der Waals surface area contributed by atoms with Crippen LogP contribution in [0.25, 0.3) is 0 Å². The van der Waals surface area contributed by atoms with Crippen LogP contribution in [0.5, 0.6) is 0 Å². The van der Waals surface area contributed by atoms with Gasteiger partial charge in [0.05, 0.1) is 27.7 Å². The van der Waals surface area contributed by atoms with E-state index in [0.29, 0.717) is 10.7 Å². The average Bonchev–Trinajstić information content (AvgIpc) is 3.12. The minimum absolute atomic E-state index is 0.0171. The lowest BCUT2D eigenvalue weighted by Gasteiger charge is -2.08. The van der Waals surface area contributed by atoms with E-state index < -0.39 is 5.97 Å². The van der Waals surface area contributed by atoms with Crippen molar-refractivity contribution < 1.29 is 14.3 Å². The average molecular weight is 449 g/mol. The number of thiazole rings is 1. The fourth-order valence-corrected chi connectivity index (χ4v) is 3.73. The summed E-state index contributed by atoms with van der Waals surface area (Å²) >= 11 is 13.3. The normalized spacial score (nSPS) is 10.6. The van der Waals surface area contributed by atoms with Crippen LogP contribution in [0, 0.1) is 13.8 Å². The van der Waals surface area contributed by atoms with Crippen LogP contribution < -0.4 is 5.32 Å². The summed E-state index contributed by atoms with van der Waals surface area (Å²) in [6, 6.07) is 10.7. The van der Waals surface area contributed by atoms with Gasteiger partial charge in [0.2, 0.25) is 5.91 Å². The lowest BCUT2D eigenvalue weighted by molar-refractivity contribution is -0.115. The number of rotatable bonds is 6. The highest BCUT2D eigenvalue weighted by Crippen LogP contribution is 2.26. The summed E-state index contributed by atoms with van der Waals surface area (Å²) in [5.74, 6) is -0.734. The standard InChI is InChI=1S/C21H18Cl2N2O3S/c1-12-6-7-13(2)17(8-12)25-18(26)9-19-24-14(11-29-19)10-28-21(27)15-4-3-5-16(22)20(15)23/h3-8,11H,9-10H2,1-2H3,(H,25,26). The molecule has 5 nitrogen and oxygen atoms in total. The Hall–Kier alpha value is -2.41. The molecule has 2 aromatic carbocycles. The van der Waals surface area contributed by atoms with Crippen LogP contribution >= 0.6 is 34.5 Å². The summed E-state index contributed by atoms with van der Waals surface area (Å²) in [6.45, 7) is 3.90. The van der Waals surface area contributed by atoms with E-state index in [2.05, 4.69) is 10.3 Å². The molecule has 0 bridgehead atoms. The molecule has 0 fully saturated rings. The van der Waals surface area contributed by atoms with Gasteiger partial charge < -0.3 is 10.1 Å². The smallest absolute Gasteiger partial charge is 0.340 e. The van der Waals surface area contributed by atoms with Gasteiger partial charge in [0.25, 0.3) is 0 Å². The molecular formula is C21H18Cl2N2O3S. The van der Waals surface area contributed by atoms with E-state index in [1.165, 1.54) is 11.3 Å². The van der Waals surface area contributed by atoms with E-state index in [-0.39, 0.29) is 34.5 Å². The molecule has 29 heavy (non-hydrogen) atoms. The van der Waals surface area contributed by atoms with Gasteiger partial charge >= 0.3 is 5.97 Å². The van der Waals surface area contributed by atoms with Crippen molar-refractivity contribution in [2.24, 2.45) is 0 Å². The molecule has 0 aliphatic rings. The molecule has 150 valence electrons. The van der Waals surface area contributed by atoms with Crippen LogP contribution in [-0.4, -0.2) is 16.9 Å². The minimum Gasteiger partial charge on any atom is -0.456 e. The molecule has 1 N–H and O–H groups in total. The summed E-state index contributed by atoms with van der Waals surface area (Å²) in [4.78, 5) is 28.9. The van der Waals surface area contributed by atoms with Crippen LogP contribution in [0.15, 0.2) is 41.8 Å². The van der Waals surface area contributed by atoms with Crippen LogP contribution in [0.1, 0.15) is 32.2 Å². The molecule has 0 saturated heterocycles. The van der Waals surface area contributed by atoms with Gasteiger partial charge in [-0.2, -0.15) is 0 Å². The van der Waals surface area contributed by atoms with Crippen LogP contribution in [0.2, 0.25) is 10.0 Å². The highest BCUT2D eigenvalue weighted by molar-refractivity contribution is 7.09. The third-order valence-corrected chi connectivity index (χ3v) is 5.82. The highest BCUT2D eigenvalue weighted by Gasteiger charge is 2.15. The van der Waals surface area contributed by atoms with Crippen molar-refractivity contribution >= 4 is 52.1 Å². The van der Waals surface area contributed by atoms with Gasteiger partial charge in [0, 0.05) is 11.1 Å². The molecule has 0 atom stereocenters. The van der Waals surface area contributed by atoms with Crippen molar-refractivity contribution in [3.8, 4) is 0 Å². The first kappa shape index (κ1) is 21.3. The molecule has 3 aromatic rings. The third kappa shape index (κ3) is 5.56. The van der Waals surface area contributed by atoms with E-state index in [0.717, 1.165) is 16.8 Å². The highest BCUT2D eigenvalue weighted by atomic mass is 35.5. The molecule has 0 unspecified atom stereocenters. The Morgan fingerprint density at radius 3 is 2.76 bits per heavy atom. The molecule has 0 radical (unpaired) electrons. The number of carbonyl (C=O) groups excluding carboxylic acids is 2. The number of aromatic nitrogens is 1. The monoisotopic (exact) mass is 448 g/mol. The predicted molar refractivity (Wildman–Crippen MR) is 116 cm³/mol. The first-order valence-electron chi connectivity index (χ1n) is 8.75. The second kappa shape index (κ2) is 9.39. The molecule has 0 aliphatic heterocycles. The molecule has 0 aliphatic carbocycles. The van der Waals surface area contributed by atoms with E-state index in [1.807, 2.05) is 32.0 Å². The van der Waals surface area contributed by atoms with E-state index in [4.69, 9.17) is 27.9 Å². The number of nitrogens with one attached hydrogen (secondary N) is 1. The Bertz CT molecular complexity index is 1070. The van der Waals surface area contributed by atoms with Crippen molar-refractivity contribution in [3.05, 3.63) is 79.2 Å². The first-order valence-corrected chi connectivity index (χ1v) is 10.4. The van der Waals surface area contributed by atoms with Crippen LogP contribution in [0.4, 0.5) is 5.69 Å². The number of hydrogen-bond acceptors (Lipinski definition) is 5. The van der Waals surface area contributed by atoms with Gasteiger partial charge in [-0.05, 0) is 43.2 Å². The summed E-state index contributed by atoms with van der Waals surface area (Å²) in [6.07, 6.45) is 0.145. The largest absolute Gasteiger partial charge is 0.456 e. The summed E-state index contributed by atoms with van der Waals surface area (Å²) < 4.78 is 5.25. The number of nitrogens with zero attached hydrogens (tertiary/aromatic N) is 1. The number of amides is 1. The minimum atomic E-state index is -0.584.